The molecule has 1 aromatic rings. The Morgan fingerprint density at radius 1 is 1.77 bits per heavy atom. The number of hydrogen-bond donors (Lipinski definition) is 1. The normalized spacial score (nSPS) is 22.1. The van der Waals surface area contributed by atoms with Crippen molar-refractivity contribution >= 4 is 16.5 Å². The van der Waals surface area contributed by atoms with Crippen LogP contribution in [0.5, 0.6) is 0 Å². The van der Waals surface area contributed by atoms with E-state index in [1.807, 2.05) is 0 Å². The molecule has 2 rings (SSSR count). The van der Waals surface area contributed by atoms with Crippen molar-refractivity contribution in [2.24, 2.45) is 0 Å². The number of hydrogen-bond acceptors (Lipinski definition) is 5. The minimum atomic E-state index is 0.609. The van der Waals surface area contributed by atoms with Gasteiger partial charge in [-0.15, -0.1) is 10.2 Å². The van der Waals surface area contributed by atoms with Crippen molar-refractivity contribution in [1.82, 2.24) is 15.5 Å². The second-order valence-corrected chi connectivity index (χ2v) is 3.97. The molecule has 1 N–H and O–H groups in total. The fraction of sp³-hybridized carbons (Fsp3) is 0.750. The van der Waals surface area contributed by atoms with E-state index in [2.05, 4.69) is 27.3 Å². The molecule has 0 aromatic carbocycles. The molecule has 0 spiro atoms. The smallest absolute Gasteiger partial charge is 0.208 e. The van der Waals surface area contributed by atoms with Gasteiger partial charge in [-0.2, -0.15) is 0 Å². The summed E-state index contributed by atoms with van der Waals surface area (Å²) in [5.74, 6) is 0. The zero-order valence-corrected chi connectivity index (χ0v) is 8.55. The van der Waals surface area contributed by atoms with Crippen LogP contribution in [0.3, 0.4) is 0 Å². The number of nitrogens with one attached hydrogen (secondary N) is 1. The molecule has 1 aliphatic rings. The standard InChI is InChI=1S/C8H14N4S/c1-2-12(7-3-4-9-5-7)8-11-10-6-13-8/h6-7,9H,2-5H2,1H3. The zero-order valence-electron chi connectivity index (χ0n) is 7.73. The van der Waals surface area contributed by atoms with E-state index in [-0.39, 0.29) is 0 Å². The molecule has 0 aliphatic carbocycles. The molecule has 0 amide bonds. The maximum absolute atomic E-state index is 4.10. The van der Waals surface area contributed by atoms with Crippen molar-refractivity contribution in [3.63, 3.8) is 0 Å². The Morgan fingerprint density at radius 3 is 3.23 bits per heavy atom. The highest BCUT2D eigenvalue weighted by Crippen LogP contribution is 2.20. The highest BCUT2D eigenvalue weighted by atomic mass is 32.1. The van der Waals surface area contributed by atoms with Crippen LogP contribution in [-0.4, -0.2) is 35.9 Å². The van der Waals surface area contributed by atoms with Gasteiger partial charge in [0, 0.05) is 19.1 Å². The highest BCUT2D eigenvalue weighted by Gasteiger charge is 2.22. The van der Waals surface area contributed by atoms with Crippen LogP contribution in [0.1, 0.15) is 13.3 Å². The third kappa shape index (κ3) is 1.81. The lowest BCUT2D eigenvalue weighted by Gasteiger charge is -2.25. The monoisotopic (exact) mass is 198 g/mol. The molecule has 13 heavy (non-hydrogen) atoms. The van der Waals surface area contributed by atoms with E-state index in [4.69, 9.17) is 0 Å². The minimum absolute atomic E-state index is 0.609. The molecule has 0 radical (unpaired) electrons. The average molecular weight is 198 g/mol. The third-order valence-electron chi connectivity index (χ3n) is 2.41. The maximum atomic E-state index is 4.10. The second-order valence-electron chi connectivity index (χ2n) is 3.15. The van der Waals surface area contributed by atoms with Crippen molar-refractivity contribution < 1.29 is 0 Å². The molecule has 1 fully saturated rings. The van der Waals surface area contributed by atoms with Crippen molar-refractivity contribution in [3.05, 3.63) is 5.51 Å². The van der Waals surface area contributed by atoms with Crippen LogP contribution in [-0.2, 0) is 0 Å². The van der Waals surface area contributed by atoms with Crippen LogP contribution in [0.4, 0.5) is 5.13 Å². The summed E-state index contributed by atoms with van der Waals surface area (Å²) in [6, 6.07) is 0.609. The Labute approximate surface area is 82.0 Å². The molecular formula is C8H14N4S. The first-order valence-electron chi connectivity index (χ1n) is 4.65. The molecule has 1 atom stereocenters. The average Bonchev–Trinajstić information content (AvgIpc) is 2.76. The Morgan fingerprint density at radius 2 is 2.69 bits per heavy atom. The molecule has 5 heteroatoms. The summed E-state index contributed by atoms with van der Waals surface area (Å²) in [5.41, 5.74) is 1.79. The quantitative estimate of drug-likeness (QED) is 0.777. The molecule has 0 bridgehead atoms. The topological polar surface area (TPSA) is 41.1 Å². The fourth-order valence-corrected chi connectivity index (χ4v) is 2.44. The van der Waals surface area contributed by atoms with E-state index in [1.165, 1.54) is 6.42 Å². The third-order valence-corrected chi connectivity index (χ3v) is 3.14. The fourth-order valence-electron chi connectivity index (χ4n) is 1.75. The van der Waals surface area contributed by atoms with Crippen LogP contribution in [0.25, 0.3) is 0 Å². The molecule has 2 heterocycles. The van der Waals surface area contributed by atoms with Gasteiger partial charge in [0.15, 0.2) is 0 Å². The zero-order chi connectivity index (χ0) is 9.10. The molecule has 1 unspecified atom stereocenters. The van der Waals surface area contributed by atoms with Crippen molar-refractivity contribution in [3.8, 4) is 0 Å². The second kappa shape index (κ2) is 4.02. The van der Waals surface area contributed by atoms with Gasteiger partial charge in [0.2, 0.25) is 5.13 Å². The Balaban J connectivity index is 2.08. The summed E-state index contributed by atoms with van der Waals surface area (Å²) < 4.78 is 0. The van der Waals surface area contributed by atoms with Gasteiger partial charge in [-0.25, -0.2) is 0 Å². The Hall–Kier alpha value is -0.680. The molecule has 4 nitrogen and oxygen atoms in total. The Kier molecular flexibility index (Phi) is 2.75. The summed E-state index contributed by atoms with van der Waals surface area (Å²) in [5, 5.41) is 12.4. The van der Waals surface area contributed by atoms with Crippen molar-refractivity contribution in [2.75, 3.05) is 24.5 Å². The maximum Gasteiger partial charge on any atom is 0.208 e. The van der Waals surface area contributed by atoms with E-state index in [1.54, 1.807) is 16.8 Å². The van der Waals surface area contributed by atoms with Gasteiger partial charge >= 0.3 is 0 Å². The lowest BCUT2D eigenvalue weighted by Crippen LogP contribution is -2.36. The first-order chi connectivity index (χ1) is 6.42. The van der Waals surface area contributed by atoms with E-state index in [9.17, 15) is 0 Å². The first-order valence-corrected chi connectivity index (χ1v) is 5.53. The number of anilines is 1. The molecular weight excluding hydrogens is 184 g/mol. The largest absolute Gasteiger partial charge is 0.343 e. The van der Waals surface area contributed by atoms with Gasteiger partial charge in [-0.1, -0.05) is 11.3 Å². The molecule has 0 saturated carbocycles. The van der Waals surface area contributed by atoms with Gasteiger partial charge < -0.3 is 10.2 Å². The highest BCUT2D eigenvalue weighted by molar-refractivity contribution is 7.13. The number of rotatable bonds is 3. The van der Waals surface area contributed by atoms with E-state index >= 15 is 0 Å². The predicted octanol–water partition coefficient (Wildman–Crippen LogP) is 0.726. The van der Waals surface area contributed by atoms with Gasteiger partial charge in [0.05, 0.1) is 0 Å². The molecule has 72 valence electrons. The van der Waals surface area contributed by atoms with Crippen LogP contribution >= 0.6 is 11.3 Å². The van der Waals surface area contributed by atoms with Crippen molar-refractivity contribution in [1.29, 1.82) is 0 Å². The number of nitrogens with zero attached hydrogens (tertiary/aromatic N) is 3. The van der Waals surface area contributed by atoms with Crippen LogP contribution in [0.15, 0.2) is 5.51 Å². The number of aromatic nitrogens is 2. The SMILES string of the molecule is CCN(c1nncs1)C1CCNC1. The van der Waals surface area contributed by atoms with E-state index in [0.29, 0.717) is 6.04 Å². The first kappa shape index (κ1) is 8.90. The van der Waals surface area contributed by atoms with E-state index in [0.717, 1.165) is 24.8 Å². The summed E-state index contributed by atoms with van der Waals surface area (Å²) in [6.45, 7) is 5.38. The van der Waals surface area contributed by atoms with Crippen LogP contribution in [0.2, 0.25) is 0 Å². The van der Waals surface area contributed by atoms with Crippen LogP contribution in [0, 0.1) is 0 Å². The van der Waals surface area contributed by atoms with E-state index < -0.39 is 0 Å². The van der Waals surface area contributed by atoms with Gasteiger partial charge in [0.1, 0.15) is 5.51 Å². The summed E-state index contributed by atoms with van der Waals surface area (Å²) in [6.07, 6.45) is 1.22. The molecule has 1 aliphatic heterocycles. The van der Waals surface area contributed by atoms with Gasteiger partial charge in [-0.3, -0.25) is 0 Å². The lowest BCUT2D eigenvalue weighted by atomic mass is 10.2. The molecule has 1 saturated heterocycles. The van der Waals surface area contributed by atoms with Gasteiger partial charge in [0.25, 0.3) is 0 Å². The van der Waals surface area contributed by atoms with Crippen LogP contribution < -0.4 is 10.2 Å². The lowest BCUT2D eigenvalue weighted by molar-refractivity contribution is 0.643. The van der Waals surface area contributed by atoms with Gasteiger partial charge in [-0.05, 0) is 19.9 Å². The minimum Gasteiger partial charge on any atom is -0.343 e. The number of likely N-dealkylation sites (N-methyl/N-ethyl adjacent to an activating group) is 1. The predicted molar refractivity (Wildman–Crippen MR) is 54.2 cm³/mol. The van der Waals surface area contributed by atoms with Crippen molar-refractivity contribution in [2.45, 2.75) is 19.4 Å². The Bertz CT molecular complexity index is 243. The summed E-state index contributed by atoms with van der Waals surface area (Å²) >= 11 is 1.62. The molecule has 1 aromatic heterocycles. The summed E-state index contributed by atoms with van der Waals surface area (Å²) in [7, 11) is 0. The summed E-state index contributed by atoms with van der Waals surface area (Å²) in [4.78, 5) is 2.33.